The molecule has 45 heavy (non-hydrogen) atoms. The van der Waals surface area contributed by atoms with Gasteiger partial charge in [0, 0.05) is 28.2 Å². The molecule has 3 aromatic rings. The minimum atomic E-state index is -4.77. The lowest BCUT2D eigenvalue weighted by Crippen LogP contribution is -2.53. The summed E-state index contributed by atoms with van der Waals surface area (Å²) in [5.74, 6) is -1.25. The summed E-state index contributed by atoms with van der Waals surface area (Å²) in [4.78, 5) is 28.8. The van der Waals surface area contributed by atoms with Crippen molar-refractivity contribution in [1.82, 2.24) is 10.2 Å². The maximum Gasteiger partial charge on any atom is 0.416 e. The van der Waals surface area contributed by atoms with Crippen molar-refractivity contribution < 1.29 is 31.2 Å². The summed E-state index contributed by atoms with van der Waals surface area (Å²) < 4.78 is 69.7. The van der Waals surface area contributed by atoms with E-state index >= 15 is 0 Å². The second-order valence-corrected chi connectivity index (χ2v) is 13.7. The Balaban J connectivity index is 1.79. The molecule has 1 aliphatic carbocycles. The number of hydrogen-bond acceptors (Lipinski definition) is 4. The highest BCUT2D eigenvalue weighted by Crippen LogP contribution is 2.34. The molecule has 0 saturated heterocycles. The van der Waals surface area contributed by atoms with Gasteiger partial charge in [-0.15, -0.1) is 0 Å². The van der Waals surface area contributed by atoms with E-state index in [1.165, 1.54) is 23.1 Å². The average Bonchev–Trinajstić information content (AvgIpc) is 3.50. The van der Waals surface area contributed by atoms with E-state index in [0.29, 0.717) is 15.9 Å². The number of anilines is 1. The van der Waals surface area contributed by atoms with Crippen molar-refractivity contribution in [3.63, 3.8) is 0 Å². The molecule has 1 atom stereocenters. The minimum absolute atomic E-state index is 0.0593. The predicted molar refractivity (Wildman–Crippen MR) is 169 cm³/mol. The molecular weight excluding hydrogens is 650 g/mol. The summed E-state index contributed by atoms with van der Waals surface area (Å²) in [7, 11) is -4.56. The summed E-state index contributed by atoms with van der Waals surface area (Å²) >= 11 is 12.9. The number of nitrogens with zero attached hydrogens (tertiary/aromatic N) is 2. The molecule has 1 N–H and O–H groups in total. The van der Waals surface area contributed by atoms with Crippen LogP contribution in [0.1, 0.15) is 55.7 Å². The van der Waals surface area contributed by atoms with Crippen molar-refractivity contribution in [3.05, 3.63) is 93.5 Å². The number of sulfonamides is 1. The SMILES string of the molecule is CC[C@H](C(=O)NC1CCCC1)N(Cc1c(Cl)cccc1Cl)C(=O)CN(c1cccc(C(F)(F)F)c1)S(=O)(=O)c1ccc(C)cc1. The molecule has 4 rings (SSSR count). The van der Waals surface area contributed by atoms with E-state index in [0.717, 1.165) is 43.4 Å². The summed E-state index contributed by atoms with van der Waals surface area (Å²) in [5, 5.41) is 3.45. The van der Waals surface area contributed by atoms with Gasteiger partial charge in [0.2, 0.25) is 11.8 Å². The first-order valence-electron chi connectivity index (χ1n) is 14.5. The highest BCUT2D eigenvalue weighted by molar-refractivity contribution is 7.92. The summed E-state index contributed by atoms with van der Waals surface area (Å²) in [5.41, 5.74) is -0.345. The predicted octanol–water partition coefficient (Wildman–Crippen LogP) is 7.38. The van der Waals surface area contributed by atoms with Crippen molar-refractivity contribution in [2.45, 2.75) is 75.7 Å². The standard InChI is InChI=1S/C32H34Cl2F3N3O4S/c1-3-29(31(42)38-23-9-4-5-10-23)39(19-26-27(33)12-7-13-28(26)34)30(41)20-40(24-11-6-8-22(18-24)32(35,36)37)45(43,44)25-16-14-21(2)15-17-25/h6-8,11-18,23,29H,3-5,9-10,19-20H2,1-2H3,(H,38,42)/t29-/m1/s1. The maximum atomic E-state index is 14.2. The number of hydrogen-bond donors (Lipinski definition) is 1. The summed E-state index contributed by atoms with van der Waals surface area (Å²) in [6.07, 6.45) is -1.08. The van der Waals surface area contributed by atoms with Crippen molar-refractivity contribution in [1.29, 1.82) is 0 Å². The molecule has 242 valence electrons. The first-order chi connectivity index (χ1) is 21.2. The molecule has 0 unspecified atom stereocenters. The van der Waals surface area contributed by atoms with Crippen LogP contribution in [0.25, 0.3) is 0 Å². The molecular formula is C32H34Cl2F3N3O4S. The summed E-state index contributed by atoms with van der Waals surface area (Å²) in [6.45, 7) is 2.33. The number of nitrogens with one attached hydrogen (secondary N) is 1. The second kappa shape index (κ2) is 14.4. The fourth-order valence-electron chi connectivity index (χ4n) is 5.34. The van der Waals surface area contributed by atoms with Gasteiger partial charge in [-0.25, -0.2) is 8.42 Å². The molecule has 0 spiro atoms. The number of alkyl halides is 3. The molecule has 13 heteroatoms. The molecule has 7 nitrogen and oxygen atoms in total. The number of benzene rings is 3. The van der Waals surface area contributed by atoms with Crippen molar-refractivity contribution >= 4 is 50.7 Å². The number of rotatable bonds is 11. The first kappa shape index (κ1) is 34.6. The highest BCUT2D eigenvalue weighted by Gasteiger charge is 2.37. The Morgan fingerprint density at radius 2 is 1.58 bits per heavy atom. The van der Waals surface area contributed by atoms with Crippen LogP contribution in [0.3, 0.4) is 0 Å². The van der Waals surface area contributed by atoms with Crippen LogP contribution in [0.15, 0.2) is 71.6 Å². The van der Waals surface area contributed by atoms with Gasteiger partial charge in [0.1, 0.15) is 12.6 Å². The molecule has 1 fully saturated rings. The van der Waals surface area contributed by atoms with Gasteiger partial charge in [-0.3, -0.25) is 13.9 Å². The fourth-order valence-corrected chi connectivity index (χ4v) is 7.27. The highest BCUT2D eigenvalue weighted by atomic mass is 35.5. The Bertz CT molecular complexity index is 1610. The van der Waals surface area contributed by atoms with E-state index in [1.807, 2.05) is 0 Å². The number of aryl methyl sites for hydroxylation is 1. The van der Waals surface area contributed by atoms with E-state index in [1.54, 1.807) is 44.2 Å². The van der Waals surface area contributed by atoms with Crippen LogP contribution in [0, 0.1) is 6.92 Å². The van der Waals surface area contributed by atoms with Gasteiger partial charge in [-0.1, -0.05) is 72.8 Å². The number of halogens is 5. The maximum absolute atomic E-state index is 14.2. The summed E-state index contributed by atoms with van der Waals surface area (Å²) in [6, 6.07) is 13.1. The Morgan fingerprint density at radius 3 is 2.16 bits per heavy atom. The van der Waals surface area contributed by atoms with Crippen LogP contribution >= 0.6 is 23.2 Å². The molecule has 3 aromatic carbocycles. The van der Waals surface area contributed by atoms with Gasteiger partial charge in [0.15, 0.2) is 0 Å². The van der Waals surface area contributed by atoms with E-state index in [2.05, 4.69) is 5.32 Å². The van der Waals surface area contributed by atoms with Crippen LogP contribution in [0.2, 0.25) is 10.0 Å². The second-order valence-electron chi connectivity index (χ2n) is 11.0. The smallest absolute Gasteiger partial charge is 0.352 e. The topological polar surface area (TPSA) is 86.8 Å². The molecule has 0 radical (unpaired) electrons. The Morgan fingerprint density at radius 1 is 0.978 bits per heavy atom. The monoisotopic (exact) mass is 683 g/mol. The van der Waals surface area contributed by atoms with E-state index < -0.39 is 46.2 Å². The largest absolute Gasteiger partial charge is 0.416 e. The Hall–Kier alpha value is -3.28. The van der Waals surface area contributed by atoms with Crippen LogP contribution in [0.4, 0.5) is 18.9 Å². The third-order valence-electron chi connectivity index (χ3n) is 7.83. The van der Waals surface area contributed by atoms with Gasteiger partial charge in [0.05, 0.1) is 16.1 Å². The zero-order chi connectivity index (χ0) is 32.9. The minimum Gasteiger partial charge on any atom is -0.352 e. The molecule has 1 aliphatic rings. The van der Waals surface area contributed by atoms with Crippen LogP contribution in [-0.2, 0) is 32.3 Å². The van der Waals surface area contributed by atoms with Crippen molar-refractivity contribution in [2.24, 2.45) is 0 Å². The van der Waals surface area contributed by atoms with Crippen molar-refractivity contribution in [3.8, 4) is 0 Å². The average molecular weight is 685 g/mol. The van der Waals surface area contributed by atoms with Gasteiger partial charge >= 0.3 is 6.18 Å². The van der Waals surface area contributed by atoms with Crippen LogP contribution < -0.4 is 9.62 Å². The molecule has 0 heterocycles. The van der Waals surface area contributed by atoms with Gasteiger partial charge < -0.3 is 10.2 Å². The third-order valence-corrected chi connectivity index (χ3v) is 10.3. The lowest BCUT2D eigenvalue weighted by Gasteiger charge is -2.34. The van der Waals surface area contributed by atoms with Crippen LogP contribution in [-0.4, -0.2) is 43.8 Å². The molecule has 0 bridgehead atoms. The Labute approximate surface area is 271 Å². The Kier molecular flexibility index (Phi) is 11.1. The lowest BCUT2D eigenvalue weighted by molar-refractivity contribution is -0.140. The zero-order valence-electron chi connectivity index (χ0n) is 24.8. The van der Waals surface area contributed by atoms with Gasteiger partial charge in [0.25, 0.3) is 10.0 Å². The molecule has 2 amide bonds. The van der Waals surface area contributed by atoms with E-state index in [-0.39, 0.29) is 39.6 Å². The van der Waals surface area contributed by atoms with Gasteiger partial charge in [-0.2, -0.15) is 13.2 Å². The number of carbonyl (C=O) groups excluding carboxylic acids is 2. The number of amides is 2. The van der Waals surface area contributed by atoms with E-state index in [4.69, 9.17) is 23.2 Å². The fraction of sp³-hybridized carbons (Fsp3) is 0.375. The molecule has 0 aromatic heterocycles. The molecule has 1 saturated carbocycles. The normalized spacial score (nSPS) is 14.6. The first-order valence-corrected chi connectivity index (χ1v) is 16.7. The third kappa shape index (κ3) is 8.31. The van der Waals surface area contributed by atoms with Gasteiger partial charge in [-0.05, 0) is 68.7 Å². The van der Waals surface area contributed by atoms with Crippen LogP contribution in [0.5, 0.6) is 0 Å². The van der Waals surface area contributed by atoms with E-state index in [9.17, 15) is 31.2 Å². The molecule has 0 aliphatic heterocycles. The van der Waals surface area contributed by atoms with Crippen molar-refractivity contribution in [2.75, 3.05) is 10.8 Å². The number of carbonyl (C=O) groups is 2. The zero-order valence-corrected chi connectivity index (χ0v) is 27.1. The quantitative estimate of drug-likeness (QED) is 0.229. The lowest BCUT2D eigenvalue weighted by atomic mass is 10.1.